The van der Waals surface area contributed by atoms with E-state index in [1.165, 1.54) is 0 Å². The number of hydrogen-bond acceptors (Lipinski definition) is 4. The van der Waals surface area contributed by atoms with Gasteiger partial charge >= 0.3 is 5.97 Å². The molecule has 0 spiro atoms. The van der Waals surface area contributed by atoms with Crippen LogP contribution in [0.15, 0.2) is 16.8 Å². The maximum absolute atomic E-state index is 10.6. The standard InChI is InChI=1S/C11H16N2O3/c14-11(15)7-9-2-5-13(6-3-9)8-10-1-4-12-16-10/h1,4,9H,2-3,5-8H2,(H,14,15). The van der Waals surface area contributed by atoms with E-state index < -0.39 is 5.97 Å². The molecule has 5 heteroatoms. The van der Waals surface area contributed by atoms with Crippen molar-refractivity contribution in [2.75, 3.05) is 13.1 Å². The summed E-state index contributed by atoms with van der Waals surface area (Å²) in [5.74, 6) is 0.522. The molecule has 0 unspecified atom stereocenters. The van der Waals surface area contributed by atoms with E-state index in [4.69, 9.17) is 9.63 Å². The molecule has 1 fully saturated rings. The monoisotopic (exact) mass is 224 g/mol. The Bertz CT molecular complexity index is 329. The molecule has 0 bridgehead atoms. The SMILES string of the molecule is O=C(O)CC1CCN(Cc2ccno2)CC1. The Balaban J connectivity index is 1.75. The molecule has 0 amide bonds. The van der Waals surface area contributed by atoms with E-state index in [9.17, 15) is 4.79 Å². The summed E-state index contributed by atoms with van der Waals surface area (Å²) in [7, 11) is 0. The first kappa shape index (κ1) is 11.1. The van der Waals surface area contributed by atoms with Crippen LogP contribution in [0.5, 0.6) is 0 Å². The van der Waals surface area contributed by atoms with E-state index in [-0.39, 0.29) is 0 Å². The third-order valence-corrected chi connectivity index (χ3v) is 3.04. The van der Waals surface area contributed by atoms with Crippen LogP contribution < -0.4 is 0 Å². The summed E-state index contributed by atoms with van der Waals surface area (Å²) in [5, 5.41) is 12.4. The molecule has 5 nitrogen and oxygen atoms in total. The van der Waals surface area contributed by atoms with Crippen molar-refractivity contribution in [3.8, 4) is 0 Å². The van der Waals surface area contributed by atoms with Crippen LogP contribution in [0.2, 0.25) is 0 Å². The second kappa shape index (κ2) is 5.12. The number of rotatable bonds is 4. The van der Waals surface area contributed by atoms with E-state index >= 15 is 0 Å². The van der Waals surface area contributed by atoms with Crippen LogP contribution in [0.25, 0.3) is 0 Å². The van der Waals surface area contributed by atoms with Gasteiger partial charge in [0, 0.05) is 12.5 Å². The lowest BCUT2D eigenvalue weighted by Gasteiger charge is -2.30. The average molecular weight is 224 g/mol. The van der Waals surface area contributed by atoms with Crippen LogP contribution in [-0.4, -0.2) is 34.2 Å². The normalized spacial score (nSPS) is 18.8. The Labute approximate surface area is 94.0 Å². The summed E-state index contributed by atoms with van der Waals surface area (Å²) in [4.78, 5) is 12.8. The van der Waals surface area contributed by atoms with E-state index in [2.05, 4.69) is 10.1 Å². The fourth-order valence-corrected chi connectivity index (χ4v) is 2.14. The van der Waals surface area contributed by atoms with Crippen molar-refractivity contribution in [1.29, 1.82) is 0 Å². The first-order valence-corrected chi connectivity index (χ1v) is 5.58. The van der Waals surface area contributed by atoms with Gasteiger partial charge < -0.3 is 9.63 Å². The number of aliphatic carboxylic acids is 1. The van der Waals surface area contributed by atoms with Crippen LogP contribution >= 0.6 is 0 Å². The van der Waals surface area contributed by atoms with Gasteiger partial charge in [0.15, 0.2) is 5.76 Å². The Morgan fingerprint density at radius 1 is 1.56 bits per heavy atom. The molecule has 0 aromatic carbocycles. The van der Waals surface area contributed by atoms with Gasteiger partial charge in [-0.05, 0) is 31.8 Å². The Hall–Kier alpha value is -1.36. The molecule has 2 heterocycles. The van der Waals surface area contributed by atoms with Crippen molar-refractivity contribution in [1.82, 2.24) is 10.1 Å². The molecular formula is C11H16N2O3. The summed E-state index contributed by atoms with van der Waals surface area (Å²) in [6, 6.07) is 1.86. The van der Waals surface area contributed by atoms with Crippen molar-refractivity contribution >= 4 is 5.97 Å². The van der Waals surface area contributed by atoms with Crippen LogP contribution in [-0.2, 0) is 11.3 Å². The summed E-state index contributed by atoms with van der Waals surface area (Å²) in [5.41, 5.74) is 0. The second-order valence-corrected chi connectivity index (χ2v) is 4.30. The molecule has 1 saturated heterocycles. The van der Waals surface area contributed by atoms with Crippen LogP contribution in [0.1, 0.15) is 25.0 Å². The number of carbonyl (C=O) groups is 1. The van der Waals surface area contributed by atoms with Gasteiger partial charge in [-0.2, -0.15) is 0 Å². The summed E-state index contributed by atoms with van der Waals surface area (Å²) >= 11 is 0. The minimum Gasteiger partial charge on any atom is -0.481 e. The van der Waals surface area contributed by atoms with Gasteiger partial charge in [0.05, 0.1) is 12.7 Å². The first-order chi connectivity index (χ1) is 7.74. The number of likely N-dealkylation sites (tertiary alicyclic amines) is 1. The fraction of sp³-hybridized carbons (Fsp3) is 0.636. The van der Waals surface area contributed by atoms with Gasteiger partial charge in [0.2, 0.25) is 0 Å². The number of nitrogens with zero attached hydrogens (tertiary/aromatic N) is 2. The molecule has 1 aliphatic rings. The molecule has 1 aliphatic heterocycles. The third-order valence-electron chi connectivity index (χ3n) is 3.04. The third kappa shape index (κ3) is 3.06. The minimum atomic E-state index is -0.686. The highest BCUT2D eigenvalue weighted by Crippen LogP contribution is 2.21. The molecule has 1 N–H and O–H groups in total. The highest BCUT2D eigenvalue weighted by Gasteiger charge is 2.21. The van der Waals surface area contributed by atoms with Crippen molar-refractivity contribution in [3.63, 3.8) is 0 Å². The van der Waals surface area contributed by atoms with Gasteiger partial charge in [-0.25, -0.2) is 0 Å². The van der Waals surface area contributed by atoms with Gasteiger partial charge in [-0.3, -0.25) is 9.69 Å². The molecule has 2 rings (SSSR count). The van der Waals surface area contributed by atoms with Crippen molar-refractivity contribution < 1.29 is 14.4 Å². The number of aromatic nitrogens is 1. The van der Waals surface area contributed by atoms with Gasteiger partial charge in [0.25, 0.3) is 0 Å². The largest absolute Gasteiger partial charge is 0.481 e. The number of carboxylic acids is 1. The highest BCUT2D eigenvalue weighted by molar-refractivity contribution is 5.67. The highest BCUT2D eigenvalue weighted by atomic mass is 16.5. The summed E-state index contributed by atoms with van der Waals surface area (Å²) in [6.07, 6.45) is 3.86. The van der Waals surface area contributed by atoms with Crippen molar-refractivity contribution in [2.24, 2.45) is 5.92 Å². The molecule has 1 aromatic rings. The maximum atomic E-state index is 10.6. The Morgan fingerprint density at radius 3 is 2.88 bits per heavy atom. The van der Waals surface area contributed by atoms with Crippen molar-refractivity contribution in [2.45, 2.75) is 25.8 Å². The zero-order valence-electron chi connectivity index (χ0n) is 9.13. The number of piperidine rings is 1. The predicted octanol–water partition coefficient (Wildman–Crippen LogP) is 1.36. The van der Waals surface area contributed by atoms with Gasteiger partial charge in [-0.1, -0.05) is 5.16 Å². The summed E-state index contributed by atoms with van der Waals surface area (Å²) in [6.45, 7) is 2.66. The Morgan fingerprint density at radius 2 is 2.31 bits per heavy atom. The van der Waals surface area contributed by atoms with Crippen molar-refractivity contribution in [3.05, 3.63) is 18.0 Å². The number of hydrogen-bond donors (Lipinski definition) is 1. The summed E-state index contributed by atoms with van der Waals surface area (Å²) < 4.78 is 5.04. The molecule has 16 heavy (non-hydrogen) atoms. The molecular weight excluding hydrogens is 208 g/mol. The minimum absolute atomic E-state index is 0.302. The van der Waals surface area contributed by atoms with Gasteiger partial charge in [-0.15, -0.1) is 0 Å². The lowest BCUT2D eigenvalue weighted by molar-refractivity contribution is -0.138. The molecule has 0 atom stereocenters. The Kier molecular flexibility index (Phi) is 3.56. The molecule has 0 saturated carbocycles. The van der Waals surface area contributed by atoms with E-state index in [0.29, 0.717) is 12.3 Å². The topological polar surface area (TPSA) is 66.6 Å². The first-order valence-electron chi connectivity index (χ1n) is 5.58. The second-order valence-electron chi connectivity index (χ2n) is 4.30. The molecule has 0 aliphatic carbocycles. The smallest absolute Gasteiger partial charge is 0.303 e. The average Bonchev–Trinajstić information content (AvgIpc) is 2.73. The van der Waals surface area contributed by atoms with Gasteiger partial charge in [0.1, 0.15) is 0 Å². The predicted molar refractivity (Wildman–Crippen MR) is 56.8 cm³/mol. The quantitative estimate of drug-likeness (QED) is 0.836. The zero-order valence-corrected chi connectivity index (χ0v) is 9.13. The lowest BCUT2D eigenvalue weighted by atomic mass is 9.93. The van der Waals surface area contributed by atoms with Crippen LogP contribution in [0.3, 0.4) is 0 Å². The molecule has 88 valence electrons. The number of carboxylic acid groups (broad SMARTS) is 1. The van der Waals surface area contributed by atoms with E-state index in [1.54, 1.807) is 6.20 Å². The molecule has 1 aromatic heterocycles. The van der Waals surface area contributed by atoms with Crippen LogP contribution in [0.4, 0.5) is 0 Å². The van der Waals surface area contributed by atoms with E-state index in [0.717, 1.165) is 38.2 Å². The van der Waals surface area contributed by atoms with Crippen LogP contribution in [0, 0.1) is 5.92 Å². The fourth-order valence-electron chi connectivity index (χ4n) is 2.14. The molecule has 0 radical (unpaired) electrons. The van der Waals surface area contributed by atoms with E-state index in [1.807, 2.05) is 6.07 Å². The maximum Gasteiger partial charge on any atom is 0.303 e. The lowest BCUT2D eigenvalue weighted by Crippen LogP contribution is -2.33. The zero-order chi connectivity index (χ0) is 11.4.